The van der Waals surface area contributed by atoms with Crippen molar-refractivity contribution in [2.45, 2.75) is 82.9 Å². The minimum atomic E-state index is -1.89. The van der Waals surface area contributed by atoms with E-state index in [9.17, 15) is 45.6 Å². The van der Waals surface area contributed by atoms with Crippen LogP contribution in [-0.2, 0) is 4.79 Å². The number of amides is 1. The molecule has 0 spiro atoms. The third-order valence-corrected chi connectivity index (χ3v) is 8.51. The summed E-state index contributed by atoms with van der Waals surface area (Å²) >= 11 is 0. The van der Waals surface area contributed by atoms with E-state index in [1.165, 1.54) is 10.5 Å². The second-order valence-electron chi connectivity index (χ2n) is 11.6. The van der Waals surface area contributed by atoms with Gasteiger partial charge in [-0.1, -0.05) is 6.92 Å². The van der Waals surface area contributed by atoms with Crippen molar-refractivity contribution in [3.8, 4) is 0 Å². The highest BCUT2D eigenvalue weighted by Crippen LogP contribution is 2.33. The highest BCUT2D eigenvalue weighted by Gasteiger charge is 2.37. The lowest BCUT2D eigenvalue weighted by Gasteiger charge is -2.34. The van der Waals surface area contributed by atoms with Crippen LogP contribution in [0.1, 0.15) is 34.1 Å². The minimum absolute atomic E-state index is 0.0119. The molecule has 1 aliphatic carbocycles. The predicted molar refractivity (Wildman–Crippen MR) is 159 cm³/mol. The number of hydrogen-bond donors (Lipinski definition) is 11. The first kappa shape index (κ1) is 38.2. The standard InChI is InChI=1S/C29H52N4O11/c1-5-32-11-19-16(3)9-18(10-20(19)33(6-2)17(32)4)29(44)30-7-8-31(12-21(36)25(40)27(42)23(38)14-34)13-22(37)26(41)28(43)24(39)15-35/h10,16,21-28,34-43H,5-9,11-15H2,1-4H3/p+1/t16?,21-,22-,23+,24+,25+,26+,27+,28+/m0/s1. The highest BCUT2D eigenvalue weighted by molar-refractivity contribution is 5.94. The van der Waals surface area contributed by atoms with E-state index in [-0.39, 0.29) is 24.9 Å². The number of likely N-dealkylation sites (N-methyl/N-ethyl adjacent to an activating group) is 2. The van der Waals surface area contributed by atoms with Crippen molar-refractivity contribution in [3.63, 3.8) is 0 Å². The molecule has 0 saturated heterocycles. The molecule has 0 radical (unpaired) electrons. The molecule has 15 heteroatoms. The van der Waals surface area contributed by atoms with E-state index in [4.69, 9.17) is 10.2 Å². The van der Waals surface area contributed by atoms with Crippen LogP contribution in [-0.4, -0.2) is 185 Å². The molecule has 0 bridgehead atoms. The van der Waals surface area contributed by atoms with Gasteiger partial charge in [-0.05, 0) is 32.3 Å². The largest absolute Gasteiger partial charge is 0.394 e. The number of nitrogens with zero attached hydrogens (tertiary/aromatic N) is 3. The molecular weight excluding hydrogens is 580 g/mol. The van der Waals surface area contributed by atoms with E-state index >= 15 is 0 Å². The maximum absolute atomic E-state index is 13.2. The first-order chi connectivity index (χ1) is 20.7. The van der Waals surface area contributed by atoms with E-state index in [0.717, 1.165) is 31.2 Å². The molecule has 0 saturated carbocycles. The Bertz CT molecular complexity index is 1010. The third kappa shape index (κ3) is 9.50. The number of aliphatic hydroxyl groups excluding tert-OH is 10. The van der Waals surface area contributed by atoms with E-state index in [1.807, 2.05) is 6.08 Å². The zero-order chi connectivity index (χ0) is 33.3. The van der Waals surface area contributed by atoms with Gasteiger partial charge in [-0.25, -0.2) is 4.90 Å². The monoisotopic (exact) mass is 633 g/mol. The Morgan fingerprint density at radius 2 is 1.43 bits per heavy atom. The van der Waals surface area contributed by atoms with Gasteiger partial charge in [0.05, 0.1) is 38.5 Å². The third-order valence-electron chi connectivity index (χ3n) is 8.51. The molecule has 0 fully saturated rings. The fourth-order valence-corrected chi connectivity index (χ4v) is 5.64. The summed E-state index contributed by atoms with van der Waals surface area (Å²) in [6.45, 7) is 8.14. The van der Waals surface area contributed by atoms with Gasteiger partial charge in [0.15, 0.2) is 0 Å². The van der Waals surface area contributed by atoms with Crippen LogP contribution in [0, 0.1) is 5.92 Å². The Balaban J connectivity index is 2.15. The topological polar surface area (TPSA) is 241 Å². The molecule has 15 nitrogen and oxygen atoms in total. The summed E-state index contributed by atoms with van der Waals surface area (Å²) in [5.74, 6) is 0.946. The van der Waals surface area contributed by atoms with Crippen molar-refractivity contribution >= 4 is 11.7 Å². The SMILES string of the molecule is CCN1C2=C(C[N+](CC)=C1C)C(C)CC(C(=O)NCCN(C[C@H](O)[C@@H](O)[C@H](O)[C@H](O)CO)C[C@H](O)[C@@H](O)[C@H](O)[C@H](O)CO)=C2. The van der Waals surface area contributed by atoms with Crippen LogP contribution < -0.4 is 5.32 Å². The van der Waals surface area contributed by atoms with Crippen LogP contribution in [0.4, 0.5) is 0 Å². The number of nitrogens with one attached hydrogen (secondary N) is 1. The van der Waals surface area contributed by atoms with Crippen LogP contribution in [0.5, 0.6) is 0 Å². The van der Waals surface area contributed by atoms with Crippen molar-refractivity contribution in [2.75, 3.05) is 59.0 Å². The molecule has 1 aliphatic heterocycles. The minimum Gasteiger partial charge on any atom is -0.394 e. The molecule has 0 aromatic rings. The summed E-state index contributed by atoms with van der Waals surface area (Å²) in [5.41, 5.74) is 2.87. The maximum atomic E-state index is 13.2. The van der Waals surface area contributed by atoms with Gasteiger partial charge >= 0.3 is 0 Å². The number of allylic oxidation sites excluding steroid dienone is 1. The van der Waals surface area contributed by atoms with Crippen molar-refractivity contribution in [1.82, 2.24) is 15.1 Å². The summed E-state index contributed by atoms with van der Waals surface area (Å²) in [5, 5.41) is 102. The normalized spacial score (nSPS) is 23.0. The smallest absolute Gasteiger partial charge is 0.249 e. The van der Waals surface area contributed by atoms with Crippen molar-refractivity contribution in [2.24, 2.45) is 5.92 Å². The van der Waals surface area contributed by atoms with Crippen molar-refractivity contribution in [3.05, 3.63) is 22.9 Å². The predicted octanol–water partition coefficient (Wildman–Crippen LogP) is -4.72. The summed E-state index contributed by atoms with van der Waals surface area (Å²) < 4.78 is 2.30. The average molecular weight is 634 g/mol. The number of amidine groups is 1. The lowest BCUT2D eigenvalue weighted by atomic mass is 9.84. The van der Waals surface area contributed by atoms with E-state index in [1.54, 1.807) is 0 Å². The Labute approximate surface area is 258 Å². The molecule has 2 rings (SSSR count). The molecule has 44 heavy (non-hydrogen) atoms. The second-order valence-corrected chi connectivity index (χ2v) is 11.6. The van der Waals surface area contributed by atoms with Gasteiger partial charge in [-0.2, -0.15) is 0 Å². The summed E-state index contributed by atoms with van der Waals surface area (Å²) in [6, 6.07) is 0. The van der Waals surface area contributed by atoms with Gasteiger partial charge in [0, 0.05) is 44.2 Å². The lowest BCUT2D eigenvalue weighted by Crippen LogP contribution is -2.54. The molecule has 0 aromatic heterocycles. The molecule has 11 N–H and O–H groups in total. The molecule has 1 amide bonds. The van der Waals surface area contributed by atoms with Crippen LogP contribution in [0.3, 0.4) is 0 Å². The molecule has 2 aliphatic rings. The van der Waals surface area contributed by atoms with Gasteiger partial charge < -0.3 is 56.4 Å². The van der Waals surface area contributed by atoms with Gasteiger partial charge in [-0.3, -0.25) is 14.3 Å². The Hall–Kier alpha value is -2.02. The Morgan fingerprint density at radius 1 is 0.932 bits per heavy atom. The number of carbonyl (C=O) groups excluding carboxylic acids is 1. The molecule has 0 aromatic carbocycles. The summed E-state index contributed by atoms with van der Waals surface area (Å²) in [6.07, 6.45) is -12.0. The number of hydrogen-bond acceptors (Lipinski definition) is 13. The molecular formula is C29H53N4O11+. The number of rotatable bonds is 18. The van der Waals surface area contributed by atoms with Crippen molar-refractivity contribution < 1.29 is 60.4 Å². The van der Waals surface area contributed by atoms with E-state index in [0.29, 0.717) is 12.0 Å². The van der Waals surface area contributed by atoms with Crippen LogP contribution in [0.2, 0.25) is 0 Å². The molecule has 1 heterocycles. The van der Waals surface area contributed by atoms with Crippen molar-refractivity contribution in [1.29, 1.82) is 0 Å². The zero-order valence-corrected chi connectivity index (χ0v) is 26.1. The fraction of sp³-hybridized carbons (Fsp3) is 0.793. The van der Waals surface area contributed by atoms with Gasteiger partial charge in [0.2, 0.25) is 11.7 Å². The number of aliphatic hydroxyl groups is 10. The lowest BCUT2D eigenvalue weighted by molar-refractivity contribution is -0.524. The van der Waals surface area contributed by atoms with E-state index in [2.05, 4.69) is 42.5 Å². The van der Waals surface area contributed by atoms with E-state index < -0.39 is 75.1 Å². The van der Waals surface area contributed by atoms with Gasteiger partial charge in [0.25, 0.3) is 0 Å². The zero-order valence-electron chi connectivity index (χ0n) is 26.1. The first-order valence-corrected chi connectivity index (χ1v) is 15.2. The average Bonchev–Trinajstić information content (AvgIpc) is 3.01. The summed E-state index contributed by atoms with van der Waals surface area (Å²) in [7, 11) is 0. The molecule has 1 unspecified atom stereocenters. The first-order valence-electron chi connectivity index (χ1n) is 15.2. The highest BCUT2D eigenvalue weighted by atomic mass is 16.4. The van der Waals surface area contributed by atoms with Crippen LogP contribution in [0.25, 0.3) is 0 Å². The molecule has 9 atom stereocenters. The quantitative estimate of drug-likeness (QED) is 0.0637. The van der Waals surface area contributed by atoms with Gasteiger partial charge in [-0.15, -0.1) is 0 Å². The van der Waals surface area contributed by atoms with Crippen LogP contribution >= 0.6 is 0 Å². The van der Waals surface area contributed by atoms with Gasteiger partial charge in [0.1, 0.15) is 48.9 Å². The van der Waals surface area contributed by atoms with Crippen LogP contribution in [0.15, 0.2) is 22.9 Å². The Morgan fingerprint density at radius 3 is 1.89 bits per heavy atom. The Kier molecular flexibility index (Phi) is 15.3. The fourth-order valence-electron chi connectivity index (χ4n) is 5.64. The number of carbonyl (C=O) groups is 1. The second kappa shape index (κ2) is 17.6. The summed E-state index contributed by atoms with van der Waals surface area (Å²) in [4.78, 5) is 16.8. The molecule has 254 valence electrons. The maximum Gasteiger partial charge on any atom is 0.249 e.